The number of carbonyl (C=O) groups excluding carboxylic acids is 1. The molecule has 11 heteroatoms. The number of alkyl halides is 3. The zero-order valence-corrected chi connectivity index (χ0v) is 13.8. The quantitative estimate of drug-likeness (QED) is 0.739. The first kappa shape index (κ1) is 18.3. The number of halogens is 3. The predicted octanol–water partition coefficient (Wildman–Crippen LogP) is 3.60. The first-order chi connectivity index (χ1) is 12.8. The summed E-state index contributed by atoms with van der Waals surface area (Å²) in [5.41, 5.74) is 2.03. The zero-order valence-electron chi connectivity index (χ0n) is 13.8. The minimum atomic E-state index is -4.73. The Morgan fingerprint density at radius 2 is 2.07 bits per heavy atom. The van der Waals surface area contributed by atoms with Gasteiger partial charge < -0.3 is 9.26 Å². The molecule has 1 N–H and O–H groups in total. The van der Waals surface area contributed by atoms with Crippen molar-refractivity contribution in [3.8, 4) is 11.5 Å². The molecular formula is C16H12F3N5O3. The van der Waals surface area contributed by atoms with Gasteiger partial charge in [0, 0.05) is 18.0 Å². The largest absolute Gasteiger partial charge is 0.471 e. The maximum absolute atomic E-state index is 12.5. The van der Waals surface area contributed by atoms with Crippen molar-refractivity contribution in [2.75, 3.05) is 5.32 Å². The van der Waals surface area contributed by atoms with Crippen LogP contribution in [0.15, 0.2) is 41.3 Å². The number of pyridine rings is 2. The molecule has 0 spiro atoms. The normalized spacial score (nSPS) is 11.3. The highest BCUT2D eigenvalue weighted by molar-refractivity contribution is 5.84. The molecular weight excluding hydrogens is 367 g/mol. The second-order valence-corrected chi connectivity index (χ2v) is 5.36. The van der Waals surface area contributed by atoms with Crippen LogP contribution in [0.2, 0.25) is 0 Å². The molecule has 0 aliphatic heterocycles. The van der Waals surface area contributed by atoms with E-state index in [0.717, 1.165) is 11.1 Å². The number of nitrogens with one attached hydrogen (secondary N) is 1. The molecule has 8 nitrogen and oxygen atoms in total. The average molecular weight is 379 g/mol. The smallest absolute Gasteiger partial charge is 0.444 e. The summed E-state index contributed by atoms with van der Waals surface area (Å²) in [6.45, 7) is 1.91. The molecule has 3 rings (SSSR count). The molecule has 0 aliphatic carbocycles. The van der Waals surface area contributed by atoms with E-state index in [9.17, 15) is 18.0 Å². The predicted molar refractivity (Wildman–Crippen MR) is 85.3 cm³/mol. The molecule has 3 aromatic rings. The second kappa shape index (κ2) is 7.40. The molecule has 0 unspecified atom stereocenters. The van der Waals surface area contributed by atoms with E-state index in [2.05, 4.69) is 29.9 Å². The highest BCUT2D eigenvalue weighted by Crippen LogP contribution is 2.29. The summed E-state index contributed by atoms with van der Waals surface area (Å²) in [6.07, 6.45) is -0.989. The zero-order chi connectivity index (χ0) is 19.4. The second-order valence-electron chi connectivity index (χ2n) is 5.36. The van der Waals surface area contributed by atoms with Gasteiger partial charge >= 0.3 is 18.2 Å². The van der Waals surface area contributed by atoms with Crippen LogP contribution in [0.3, 0.4) is 0 Å². The van der Waals surface area contributed by atoms with Gasteiger partial charge in [-0.1, -0.05) is 5.16 Å². The standard InChI is InChI=1S/C16H12F3N5O3/c1-9-4-5-20-6-10(9)8-26-15(25)22-11-2-3-12(21-7-11)13-23-14(27-24-13)16(17,18)19/h2-7H,8H2,1H3,(H,22,25). The number of hydrogen-bond donors (Lipinski definition) is 1. The van der Waals surface area contributed by atoms with Crippen LogP contribution in [0, 0.1) is 6.92 Å². The number of amides is 1. The SMILES string of the molecule is Cc1ccncc1COC(=O)Nc1ccc(-c2noc(C(F)(F)F)n2)nc1. The third-order valence-corrected chi connectivity index (χ3v) is 3.41. The highest BCUT2D eigenvalue weighted by Gasteiger charge is 2.38. The van der Waals surface area contributed by atoms with Crippen molar-refractivity contribution in [1.82, 2.24) is 20.1 Å². The summed E-state index contributed by atoms with van der Waals surface area (Å²) in [4.78, 5) is 22.9. The van der Waals surface area contributed by atoms with Gasteiger partial charge in [0.05, 0.1) is 11.9 Å². The Balaban J connectivity index is 1.59. The first-order valence-electron chi connectivity index (χ1n) is 7.53. The number of ether oxygens (including phenoxy) is 1. The number of hydrogen-bond acceptors (Lipinski definition) is 7. The van der Waals surface area contributed by atoms with E-state index in [1.54, 1.807) is 18.5 Å². The molecule has 140 valence electrons. The van der Waals surface area contributed by atoms with Crippen molar-refractivity contribution >= 4 is 11.8 Å². The lowest BCUT2D eigenvalue weighted by Gasteiger charge is -2.08. The van der Waals surface area contributed by atoms with E-state index in [1.165, 1.54) is 18.3 Å². The van der Waals surface area contributed by atoms with Crippen LogP contribution >= 0.6 is 0 Å². The van der Waals surface area contributed by atoms with Crippen molar-refractivity contribution in [2.24, 2.45) is 0 Å². The van der Waals surface area contributed by atoms with E-state index in [1.807, 2.05) is 6.92 Å². The number of nitrogens with zero attached hydrogens (tertiary/aromatic N) is 4. The minimum Gasteiger partial charge on any atom is -0.444 e. The summed E-state index contributed by atoms with van der Waals surface area (Å²) in [6, 6.07) is 4.55. The van der Waals surface area contributed by atoms with Gasteiger partial charge in [0.15, 0.2) is 0 Å². The molecule has 0 saturated heterocycles. The van der Waals surface area contributed by atoms with Gasteiger partial charge in [0.2, 0.25) is 5.82 Å². The van der Waals surface area contributed by atoms with Crippen molar-refractivity contribution in [2.45, 2.75) is 19.7 Å². The van der Waals surface area contributed by atoms with E-state index in [0.29, 0.717) is 0 Å². The van der Waals surface area contributed by atoms with Gasteiger partial charge in [-0.2, -0.15) is 18.2 Å². The van der Waals surface area contributed by atoms with Crippen LogP contribution in [0.1, 0.15) is 17.0 Å². The molecule has 0 saturated carbocycles. The van der Waals surface area contributed by atoms with Crippen molar-refractivity contribution in [3.63, 3.8) is 0 Å². The molecule has 3 heterocycles. The van der Waals surface area contributed by atoms with Crippen molar-refractivity contribution < 1.29 is 27.2 Å². The third-order valence-electron chi connectivity index (χ3n) is 3.41. The topological polar surface area (TPSA) is 103 Å². The third kappa shape index (κ3) is 4.57. The van der Waals surface area contributed by atoms with Crippen LogP contribution in [0.25, 0.3) is 11.5 Å². The Morgan fingerprint density at radius 3 is 2.70 bits per heavy atom. The van der Waals surface area contributed by atoms with Gasteiger partial charge in [-0.25, -0.2) is 4.79 Å². The Labute approximate surface area is 150 Å². The average Bonchev–Trinajstić information content (AvgIpc) is 3.12. The van der Waals surface area contributed by atoms with E-state index >= 15 is 0 Å². The van der Waals surface area contributed by atoms with E-state index < -0.39 is 18.2 Å². The summed E-state index contributed by atoms with van der Waals surface area (Å²) in [7, 11) is 0. The van der Waals surface area contributed by atoms with Gasteiger partial charge in [-0.3, -0.25) is 15.3 Å². The highest BCUT2D eigenvalue weighted by atomic mass is 19.4. The fourth-order valence-electron chi connectivity index (χ4n) is 1.99. The monoisotopic (exact) mass is 379 g/mol. The Bertz CT molecular complexity index is 941. The maximum Gasteiger partial charge on any atom is 0.471 e. The van der Waals surface area contributed by atoms with Gasteiger partial charge in [-0.05, 0) is 30.7 Å². The molecule has 0 aliphatic rings. The molecule has 3 aromatic heterocycles. The van der Waals surface area contributed by atoms with Gasteiger partial charge in [0.25, 0.3) is 0 Å². The molecule has 0 aromatic carbocycles. The molecule has 0 bridgehead atoms. The number of carbonyl (C=O) groups is 1. The van der Waals surface area contributed by atoms with Crippen LogP contribution in [-0.2, 0) is 17.5 Å². The van der Waals surface area contributed by atoms with E-state index in [4.69, 9.17) is 4.74 Å². The van der Waals surface area contributed by atoms with Crippen LogP contribution in [0.5, 0.6) is 0 Å². The Hall–Kier alpha value is -3.50. The summed E-state index contributed by atoms with van der Waals surface area (Å²) in [5, 5.41) is 5.68. The van der Waals surface area contributed by atoms with Crippen LogP contribution in [-0.4, -0.2) is 26.2 Å². The Kier molecular flexibility index (Phi) is 5.01. The Morgan fingerprint density at radius 1 is 1.26 bits per heavy atom. The summed E-state index contributed by atoms with van der Waals surface area (Å²) >= 11 is 0. The first-order valence-corrected chi connectivity index (χ1v) is 7.53. The van der Waals surface area contributed by atoms with Crippen LogP contribution in [0.4, 0.5) is 23.7 Å². The van der Waals surface area contributed by atoms with Gasteiger partial charge in [0.1, 0.15) is 12.3 Å². The number of rotatable bonds is 4. The molecule has 0 atom stereocenters. The lowest BCUT2D eigenvalue weighted by Crippen LogP contribution is -2.14. The molecule has 0 fully saturated rings. The van der Waals surface area contributed by atoms with Gasteiger partial charge in [-0.15, -0.1) is 0 Å². The lowest BCUT2D eigenvalue weighted by atomic mass is 10.2. The fraction of sp³-hybridized carbons (Fsp3) is 0.188. The number of anilines is 1. The minimum absolute atomic E-state index is 0.0418. The lowest BCUT2D eigenvalue weighted by molar-refractivity contribution is -0.159. The number of aromatic nitrogens is 4. The molecule has 27 heavy (non-hydrogen) atoms. The van der Waals surface area contributed by atoms with Crippen LogP contribution < -0.4 is 5.32 Å². The van der Waals surface area contributed by atoms with Crippen molar-refractivity contribution in [3.05, 3.63) is 53.8 Å². The summed E-state index contributed by atoms with van der Waals surface area (Å²) < 4.78 is 46.6. The van der Waals surface area contributed by atoms with E-state index in [-0.39, 0.29) is 23.8 Å². The molecule has 1 amide bonds. The van der Waals surface area contributed by atoms with Crippen molar-refractivity contribution in [1.29, 1.82) is 0 Å². The molecule has 0 radical (unpaired) electrons. The number of aryl methyl sites for hydroxylation is 1. The maximum atomic E-state index is 12.5. The fourth-order valence-corrected chi connectivity index (χ4v) is 1.99. The summed E-state index contributed by atoms with van der Waals surface area (Å²) in [5.74, 6) is -1.78.